The number of benzene rings is 1. The second-order valence-corrected chi connectivity index (χ2v) is 6.71. The third-order valence-corrected chi connectivity index (χ3v) is 5.05. The van der Waals surface area contributed by atoms with Gasteiger partial charge in [0.2, 0.25) is 0 Å². The van der Waals surface area contributed by atoms with E-state index >= 15 is 0 Å². The Morgan fingerprint density at radius 2 is 2.00 bits per heavy atom. The maximum atomic E-state index is 3.64. The summed E-state index contributed by atoms with van der Waals surface area (Å²) < 4.78 is 1.17. The van der Waals surface area contributed by atoms with Crippen LogP contribution in [0.15, 0.2) is 22.7 Å². The van der Waals surface area contributed by atoms with Gasteiger partial charge in [0.25, 0.3) is 0 Å². The minimum absolute atomic E-state index is 0.385. The molecule has 2 rings (SSSR count). The molecule has 1 aromatic carbocycles. The topological polar surface area (TPSA) is 15.3 Å². The molecular weight excluding hydrogens is 312 g/mol. The number of hydrogen-bond acceptors (Lipinski definition) is 2. The molecule has 2 nitrogen and oxygen atoms in total. The average molecular weight is 339 g/mol. The molecule has 0 heterocycles. The molecule has 112 valence electrons. The Labute approximate surface area is 132 Å². The average Bonchev–Trinajstić information content (AvgIpc) is 2.48. The van der Waals surface area contributed by atoms with Crippen molar-refractivity contribution in [1.82, 2.24) is 5.32 Å². The first kappa shape index (κ1) is 15.8. The van der Waals surface area contributed by atoms with Gasteiger partial charge in [-0.25, -0.2) is 0 Å². The fraction of sp³-hybridized carbons (Fsp3) is 0.647. The van der Waals surface area contributed by atoms with Gasteiger partial charge in [-0.2, -0.15) is 0 Å². The normalized spacial score (nSPS) is 18.0. The van der Waals surface area contributed by atoms with E-state index in [0.717, 1.165) is 6.54 Å². The Morgan fingerprint density at radius 3 is 2.60 bits per heavy atom. The van der Waals surface area contributed by atoms with E-state index < -0.39 is 0 Å². The predicted octanol–water partition coefficient (Wildman–Crippen LogP) is 4.89. The Morgan fingerprint density at radius 1 is 1.30 bits per heavy atom. The van der Waals surface area contributed by atoms with Crippen molar-refractivity contribution in [3.05, 3.63) is 28.2 Å². The fourth-order valence-electron chi connectivity index (χ4n) is 3.31. The van der Waals surface area contributed by atoms with Gasteiger partial charge in [-0.3, -0.25) is 0 Å². The molecule has 20 heavy (non-hydrogen) atoms. The van der Waals surface area contributed by atoms with Gasteiger partial charge in [-0.1, -0.05) is 41.3 Å². The van der Waals surface area contributed by atoms with Crippen molar-refractivity contribution in [2.75, 3.05) is 18.5 Å². The summed E-state index contributed by atoms with van der Waals surface area (Å²) in [7, 11) is 2.04. The second-order valence-electron chi connectivity index (χ2n) is 5.79. The molecule has 0 saturated heterocycles. The van der Waals surface area contributed by atoms with Gasteiger partial charge in [0.1, 0.15) is 0 Å². The summed E-state index contributed by atoms with van der Waals surface area (Å²) in [6, 6.07) is 7.80. The van der Waals surface area contributed by atoms with E-state index in [1.54, 1.807) is 0 Å². The SMILES string of the molecule is CCN(c1cc(Br)ccc1C(C)NC)C1CCCCC1. The lowest BCUT2D eigenvalue weighted by Crippen LogP contribution is -2.37. The molecular formula is C17H27BrN2. The molecule has 1 aliphatic rings. The summed E-state index contributed by atoms with van der Waals surface area (Å²) >= 11 is 3.64. The summed E-state index contributed by atoms with van der Waals surface area (Å²) in [5.41, 5.74) is 2.80. The number of anilines is 1. The number of nitrogens with one attached hydrogen (secondary N) is 1. The predicted molar refractivity (Wildman–Crippen MR) is 91.5 cm³/mol. The molecule has 1 aromatic rings. The standard InChI is InChI=1S/C17H27BrN2/c1-4-20(15-8-6-5-7-9-15)17-12-14(18)10-11-16(17)13(2)19-3/h10-13,15,19H,4-9H2,1-3H3. The first-order chi connectivity index (χ1) is 9.67. The van der Waals surface area contributed by atoms with Crippen LogP contribution in [-0.2, 0) is 0 Å². The molecule has 3 heteroatoms. The van der Waals surface area contributed by atoms with Gasteiger partial charge in [0.05, 0.1) is 0 Å². The zero-order valence-corrected chi connectivity index (χ0v) is 14.5. The maximum absolute atomic E-state index is 3.64. The van der Waals surface area contributed by atoms with E-state index in [1.165, 1.54) is 47.8 Å². The largest absolute Gasteiger partial charge is 0.369 e. The lowest BCUT2D eigenvalue weighted by atomic mass is 9.93. The molecule has 1 N–H and O–H groups in total. The Hall–Kier alpha value is -0.540. The summed E-state index contributed by atoms with van der Waals surface area (Å²) in [5.74, 6) is 0. The fourth-order valence-corrected chi connectivity index (χ4v) is 3.65. The van der Waals surface area contributed by atoms with E-state index in [0.29, 0.717) is 12.1 Å². The van der Waals surface area contributed by atoms with Crippen LogP contribution in [0.2, 0.25) is 0 Å². The van der Waals surface area contributed by atoms with Gasteiger partial charge in [0.15, 0.2) is 0 Å². The van der Waals surface area contributed by atoms with Gasteiger partial charge in [0, 0.05) is 28.8 Å². The Kier molecular flexibility index (Phi) is 5.91. The zero-order valence-electron chi connectivity index (χ0n) is 13.0. The molecule has 1 fully saturated rings. The molecule has 0 bridgehead atoms. The van der Waals surface area contributed by atoms with Crippen LogP contribution in [0, 0.1) is 0 Å². The number of rotatable bonds is 5. The molecule has 1 saturated carbocycles. The highest BCUT2D eigenvalue weighted by molar-refractivity contribution is 9.10. The van der Waals surface area contributed by atoms with Gasteiger partial charge in [-0.15, -0.1) is 0 Å². The van der Waals surface area contributed by atoms with Crippen molar-refractivity contribution in [2.24, 2.45) is 0 Å². The van der Waals surface area contributed by atoms with Crippen molar-refractivity contribution in [1.29, 1.82) is 0 Å². The lowest BCUT2D eigenvalue weighted by molar-refractivity contribution is 0.417. The molecule has 1 aliphatic carbocycles. The van der Waals surface area contributed by atoms with E-state index in [-0.39, 0.29) is 0 Å². The Balaban J connectivity index is 2.33. The minimum atomic E-state index is 0.385. The highest BCUT2D eigenvalue weighted by Crippen LogP contribution is 2.34. The van der Waals surface area contributed by atoms with Crippen LogP contribution in [0.5, 0.6) is 0 Å². The van der Waals surface area contributed by atoms with Crippen LogP contribution in [-0.4, -0.2) is 19.6 Å². The van der Waals surface area contributed by atoms with E-state index in [4.69, 9.17) is 0 Å². The summed E-state index contributed by atoms with van der Waals surface area (Å²) in [6.45, 7) is 5.61. The Bertz CT molecular complexity index is 427. The molecule has 0 radical (unpaired) electrons. The summed E-state index contributed by atoms with van der Waals surface area (Å²) in [5, 5.41) is 3.38. The quantitative estimate of drug-likeness (QED) is 0.822. The smallest absolute Gasteiger partial charge is 0.0428 e. The number of halogens is 1. The van der Waals surface area contributed by atoms with Crippen LogP contribution < -0.4 is 10.2 Å². The summed E-state index contributed by atoms with van der Waals surface area (Å²) in [6.07, 6.45) is 6.85. The van der Waals surface area contributed by atoms with Crippen molar-refractivity contribution < 1.29 is 0 Å². The molecule has 0 aliphatic heterocycles. The highest BCUT2D eigenvalue weighted by atomic mass is 79.9. The van der Waals surface area contributed by atoms with E-state index in [2.05, 4.69) is 58.2 Å². The molecule has 1 atom stereocenters. The van der Waals surface area contributed by atoms with Crippen molar-refractivity contribution >= 4 is 21.6 Å². The lowest BCUT2D eigenvalue weighted by Gasteiger charge is -2.37. The second kappa shape index (κ2) is 7.46. The zero-order chi connectivity index (χ0) is 14.5. The van der Waals surface area contributed by atoms with Crippen LogP contribution >= 0.6 is 15.9 Å². The minimum Gasteiger partial charge on any atom is -0.369 e. The van der Waals surface area contributed by atoms with Gasteiger partial charge < -0.3 is 10.2 Å². The molecule has 0 aromatic heterocycles. The van der Waals surface area contributed by atoms with Crippen LogP contribution in [0.25, 0.3) is 0 Å². The first-order valence-electron chi connectivity index (χ1n) is 7.90. The number of nitrogens with zero attached hydrogens (tertiary/aromatic N) is 1. The number of hydrogen-bond donors (Lipinski definition) is 1. The molecule has 1 unspecified atom stereocenters. The molecule has 0 spiro atoms. The third-order valence-electron chi connectivity index (χ3n) is 4.56. The van der Waals surface area contributed by atoms with Crippen LogP contribution in [0.4, 0.5) is 5.69 Å². The summed E-state index contributed by atoms with van der Waals surface area (Å²) in [4.78, 5) is 2.62. The van der Waals surface area contributed by atoms with Gasteiger partial charge in [-0.05, 0) is 51.4 Å². The van der Waals surface area contributed by atoms with Crippen LogP contribution in [0.1, 0.15) is 57.6 Å². The van der Waals surface area contributed by atoms with Crippen molar-refractivity contribution in [3.63, 3.8) is 0 Å². The van der Waals surface area contributed by atoms with E-state index in [9.17, 15) is 0 Å². The van der Waals surface area contributed by atoms with Crippen LogP contribution in [0.3, 0.4) is 0 Å². The third kappa shape index (κ3) is 3.56. The van der Waals surface area contributed by atoms with Gasteiger partial charge >= 0.3 is 0 Å². The van der Waals surface area contributed by atoms with E-state index in [1.807, 2.05) is 7.05 Å². The monoisotopic (exact) mass is 338 g/mol. The molecule has 0 amide bonds. The first-order valence-corrected chi connectivity index (χ1v) is 8.70. The highest BCUT2D eigenvalue weighted by Gasteiger charge is 2.23. The van der Waals surface area contributed by atoms with Crippen molar-refractivity contribution in [2.45, 2.75) is 58.0 Å². The maximum Gasteiger partial charge on any atom is 0.0428 e. The van der Waals surface area contributed by atoms with Crippen molar-refractivity contribution in [3.8, 4) is 0 Å².